The minimum Gasteiger partial charge on any atom is -0.440 e. The summed E-state index contributed by atoms with van der Waals surface area (Å²) < 4.78 is 5.67. The first-order valence-corrected chi connectivity index (χ1v) is 9.98. The molecule has 0 saturated carbocycles. The second-order valence-corrected chi connectivity index (χ2v) is 7.62. The van der Waals surface area contributed by atoms with Gasteiger partial charge in [0.05, 0.1) is 6.20 Å². The van der Waals surface area contributed by atoms with Crippen molar-refractivity contribution in [1.82, 2.24) is 25.0 Å². The highest BCUT2D eigenvalue weighted by Gasteiger charge is 2.21. The molecule has 0 aliphatic rings. The van der Waals surface area contributed by atoms with Crippen LogP contribution >= 0.6 is 11.3 Å². The highest BCUT2D eigenvalue weighted by atomic mass is 32.1. The van der Waals surface area contributed by atoms with Gasteiger partial charge in [-0.2, -0.15) is 9.90 Å². The van der Waals surface area contributed by atoms with Gasteiger partial charge in [-0.25, -0.2) is 9.97 Å². The van der Waals surface area contributed by atoms with Crippen molar-refractivity contribution in [3.8, 4) is 11.3 Å². The molecule has 1 N–H and O–H groups in total. The van der Waals surface area contributed by atoms with Crippen molar-refractivity contribution in [2.45, 2.75) is 27.3 Å². The van der Waals surface area contributed by atoms with Crippen molar-refractivity contribution in [2.24, 2.45) is 0 Å². The molecule has 152 valence electrons. The van der Waals surface area contributed by atoms with E-state index in [0.717, 1.165) is 11.1 Å². The zero-order chi connectivity index (χ0) is 21.3. The molecule has 0 aliphatic carbocycles. The van der Waals surface area contributed by atoms with E-state index in [1.807, 2.05) is 31.2 Å². The summed E-state index contributed by atoms with van der Waals surface area (Å²) in [7, 11) is 0. The molecule has 3 aromatic heterocycles. The number of Topliss-reactive ketones (excluding diaryl/α,β-unsaturated/α-hetero) is 1. The first-order chi connectivity index (χ1) is 14.4. The number of carbonyl (C=O) groups excluding carboxylic acids is 2. The van der Waals surface area contributed by atoms with E-state index in [1.165, 1.54) is 29.3 Å². The number of benzene rings is 1. The number of nitrogens with one attached hydrogen (secondary N) is 1. The van der Waals surface area contributed by atoms with E-state index in [9.17, 15) is 9.59 Å². The molecule has 0 saturated heterocycles. The molecule has 0 aliphatic heterocycles. The van der Waals surface area contributed by atoms with Crippen LogP contribution in [0.2, 0.25) is 0 Å². The third-order valence-corrected chi connectivity index (χ3v) is 5.03. The summed E-state index contributed by atoms with van der Waals surface area (Å²) in [5, 5.41) is 13.5. The quantitative estimate of drug-likeness (QED) is 0.473. The minimum absolute atomic E-state index is 0.0915. The maximum atomic E-state index is 12.8. The van der Waals surface area contributed by atoms with Gasteiger partial charge in [-0.05, 0) is 13.0 Å². The predicted molar refractivity (Wildman–Crippen MR) is 111 cm³/mol. The number of nitrogens with zero attached hydrogens (tertiary/aromatic N) is 5. The number of rotatable bonds is 6. The highest BCUT2D eigenvalue weighted by molar-refractivity contribution is 7.09. The molecular formula is C20H18N6O3S. The fourth-order valence-corrected chi connectivity index (χ4v) is 3.64. The Morgan fingerprint density at radius 2 is 2.07 bits per heavy atom. The summed E-state index contributed by atoms with van der Waals surface area (Å²) in [5.74, 6) is 0.542. The Balaban J connectivity index is 1.50. The Bertz CT molecular complexity index is 1240. The third-order valence-electron chi connectivity index (χ3n) is 4.20. The summed E-state index contributed by atoms with van der Waals surface area (Å²) in [6.07, 6.45) is 1.44. The number of anilines is 1. The van der Waals surface area contributed by atoms with Gasteiger partial charge in [0.2, 0.25) is 0 Å². The van der Waals surface area contributed by atoms with E-state index < -0.39 is 5.91 Å². The molecule has 4 aromatic rings. The number of oxazole rings is 1. The lowest BCUT2D eigenvalue weighted by Crippen LogP contribution is -2.14. The summed E-state index contributed by atoms with van der Waals surface area (Å²) in [5.41, 5.74) is 2.42. The van der Waals surface area contributed by atoms with Crippen LogP contribution in [0.25, 0.3) is 11.3 Å². The van der Waals surface area contributed by atoms with Gasteiger partial charge in [0.1, 0.15) is 17.2 Å². The van der Waals surface area contributed by atoms with Crippen LogP contribution in [-0.2, 0) is 6.54 Å². The molecule has 0 unspecified atom stereocenters. The topological polar surface area (TPSA) is 116 Å². The number of amides is 1. The molecule has 0 atom stereocenters. The van der Waals surface area contributed by atoms with Crippen LogP contribution < -0.4 is 5.32 Å². The van der Waals surface area contributed by atoms with Gasteiger partial charge in [-0.3, -0.25) is 9.59 Å². The highest BCUT2D eigenvalue weighted by Crippen LogP contribution is 2.26. The van der Waals surface area contributed by atoms with E-state index in [1.54, 1.807) is 12.3 Å². The molecule has 3 heterocycles. The van der Waals surface area contributed by atoms with Gasteiger partial charge in [0.15, 0.2) is 28.9 Å². The molecule has 0 fully saturated rings. The van der Waals surface area contributed by atoms with Crippen LogP contribution in [0.3, 0.4) is 0 Å². The van der Waals surface area contributed by atoms with Crippen molar-refractivity contribution in [3.05, 3.63) is 63.7 Å². The molecule has 10 heteroatoms. The number of aromatic nitrogens is 5. The molecule has 30 heavy (non-hydrogen) atoms. The SMILES string of the molecule is CC(=O)c1csc(Cn2ncc(NC(=O)c3nc(C)oc3-c3cccc(C)c3)n2)n1. The molecule has 0 radical (unpaired) electrons. The fourth-order valence-electron chi connectivity index (χ4n) is 2.84. The molecule has 9 nitrogen and oxygen atoms in total. The van der Waals surface area contributed by atoms with Crippen molar-refractivity contribution in [3.63, 3.8) is 0 Å². The predicted octanol–water partition coefficient (Wildman–Crippen LogP) is 3.51. The van der Waals surface area contributed by atoms with Crippen molar-refractivity contribution >= 4 is 28.8 Å². The van der Waals surface area contributed by atoms with E-state index in [2.05, 4.69) is 25.5 Å². The molecule has 1 amide bonds. The smallest absolute Gasteiger partial charge is 0.279 e. The zero-order valence-electron chi connectivity index (χ0n) is 16.5. The maximum Gasteiger partial charge on any atom is 0.279 e. The number of aryl methyl sites for hydroxylation is 2. The lowest BCUT2D eigenvalue weighted by Gasteiger charge is -2.02. The number of thiazole rings is 1. The maximum absolute atomic E-state index is 12.8. The Morgan fingerprint density at radius 1 is 1.23 bits per heavy atom. The van der Waals surface area contributed by atoms with Crippen LogP contribution in [-0.4, -0.2) is 36.7 Å². The first kappa shape index (κ1) is 19.6. The normalized spacial score (nSPS) is 10.9. The second-order valence-electron chi connectivity index (χ2n) is 6.68. The largest absolute Gasteiger partial charge is 0.440 e. The molecular weight excluding hydrogens is 404 g/mol. The Labute approximate surface area is 175 Å². The number of ketones is 1. The van der Waals surface area contributed by atoms with E-state index >= 15 is 0 Å². The van der Waals surface area contributed by atoms with E-state index in [0.29, 0.717) is 28.9 Å². The monoisotopic (exact) mass is 422 g/mol. The number of carbonyl (C=O) groups is 2. The van der Waals surface area contributed by atoms with Crippen LogP contribution in [0.1, 0.15) is 44.4 Å². The zero-order valence-corrected chi connectivity index (χ0v) is 17.4. The lowest BCUT2D eigenvalue weighted by atomic mass is 10.1. The lowest BCUT2D eigenvalue weighted by molar-refractivity contribution is 0.100. The minimum atomic E-state index is -0.441. The van der Waals surface area contributed by atoms with Crippen molar-refractivity contribution < 1.29 is 14.0 Å². The van der Waals surface area contributed by atoms with Crippen LogP contribution in [0.4, 0.5) is 5.82 Å². The number of hydrogen-bond acceptors (Lipinski definition) is 8. The molecule has 4 rings (SSSR count). The van der Waals surface area contributed by atoms with Crippen LogP contribution in [0.15, 0.2) is 40.3 Å². The Kier molecular flexibility index (Phi) is 5.23. The summed E-state index contributed by atoms with van der Waals surface area (Å²) in [6, 6.07) is 7.65. The van der Waals surface area contributed by atoms with Gasteiger partial charge >= 0.3 is 0 Å². The molecule has 0 spiro atoms. The molecule has 1 aromatic carbocycles. The summed E-state index contributed by atoms with van der Waals surface area (Å²) in [6.45, 7) is 5.42. The van der Waals surface area contributed by atoms with Gasteiger partial charge in [0.25, 0.3) is 5.91 Å². The molecule has 0 bridgehead atoms. The van der Waals surface area contributed by atoms with E-state index in [4.69, 9.17) is 4.42 Å². The van der Waals surface area contributed by atoms with Crippen LogP contribution in [0.5, 0.6) is 0 Å². The van der Waals surface area contributed by atoms with Gasteiger partial charge in [0, 0.05) is 24.8 Å². The number of hydrogen-bond donors (Lipinski definition) is 1. The van der Waals surface area contributed by atoms with Crippen molar-refractivity contribution in [1.29, 1.82) is 0 Å². The average molecular weight is 422 g/mol. The fraction of sp³-hybridized carbons (Fsp3) is 0.200. The second kappa shape index (κ2) is 7.99. The summed E-state index contributed by atoms with van der Waals surface area (Å²) >= 11 is 1.35. The van der Waals surface area contributed by atoms with Gasteiger partial charge in [-0.1, -0.05) is 23.8 Å². The Hall–Kier alpha value is -3.66. The van der Waals surface area contributed by atoms with Crippen LogP contribution in [0, 0.1) is 13.8 Å². The standard InChI is InChI=1S/C20H18N6O3S/c1-11-5-4-6-14(7-11)19-18(22-13(3)29-19)20(28)24-16-8-21-26(25-16)9-17-23-15(10-30-17)12(2)27/h4-8,10H,9H2,1-3H3,(H,24,25,28). The van der Waals surface area contributed by atoms with Crippen molar-refractivity contribution in [2.75, 3.05) is 5.32 Å². The first-order valence-electron chi connectivity index (χ1n) is 9.10. The van der Waals surface area contributed by atoms with Gasteiger partial charge < -0.3 is 9.73 Å². The van der Waals surface area contributed by atoms with Gasteiger partial charge in [-0.15, -0.1) is 16.4 Å². The summed E-state index contributed by atoms with van der Waals surface area (Å²) in [4.78, 5) is 34.0. The third kappa shape index (κ3) is 4.18. The van der Waals surface area contributed by atoms with E-state index in [-0.39, 0.29) is 17.3 Å². The average Bonchev–Trinajstić information content (AvgIpc) is 3.42. The Morgan fingerprint density at radius 3 is 2.80 bits per heavy atom.